The molecule has 3 aromatic heterocycles. The maximum atomic E-state index is 13.3. The Hall–Kier alpha value is -2.67. The lowest BCUT2D eigenvalue weighted by atomic mass is 10.0. The summed E-state index contributed by atoms with van der Waals surface area (Å²) in [5, 5.41) is 7.47. The van der Waals surface area contributed by atoms with Gasteiger partial charge < -0.3 is 10.6 Å². The van der Waals surface area contributed by atoms with E-state index >= 15 is 0 Å². The van der Waals surface area contributed by atoms with E-state index in [0.717, 1.165) is 13.7 Å². The maximum Gasteiger partial charge on any atom is 0.262 e. The second-order valence-electron chi connectivity index (χ2n) is 9.59. The number of Topliss-reactive ketones (excluding diaryl/α,β-unsaturated/α-hetero) is 1. The average molecular weight is 563 g/mol. The van der Waals surface area contributed by atoms with Gasteiger partial charge in [0.2, 0.25) is 5.91 Å². The zero-order valence-electron chi connectivity index (χ0n) is 20.8. The fraction of sp³-hybridized carbons (Fsp3) is 0.440. The molecule has 0 aromatic carbocycles. The smallest absolute Gasteiger partial charge is 0.262 e. The molecule has 0 unspecified atom stereocenters. The van der Waals surface area contributed by atoms with Gasteiger partial charge in [-0.1, -0.05) is 19.9 Å². The van der Waals surface area contributed by atoms with Crippen LogP contribution in [0.5, 0.6) is 0 Å². The van der Waals surface area contributed by atoms with Crippen LogP contribution in [0, 0.1) is 5.92 Å². The van der Waals surface area contributed by atoms with E-state index in [0.29, 0.717) is 24.1 Å². The minimum absolute atomic E-state index is 0.117. The molecule has 12 heteroatoms. The Balaban J connectivity index is 1.46. The van der Waals surface area contributed by atoms with Gasteiger partial charge in [-0.15, -0.1) is 22.7 Å². The number of amides is 2. The number of ketones is 1. The molecule has 1 aliphatic heterocycles. The van der Waals surface area contributed by atoms with Gasteiger partial charge in [-0.2, -0.15) is 4.31 Å². The van der Waals surface area contributed by atoms with Crippen molar-refractivity contribution in [1.82, 2.24) is 19.9 Å². The van der Waals surface area contributed by atoms with Gasteiger partial charge >= 0.3 is 0 Å². The lowest BCUT2D eigenvalue weighted by molar-refractivity contribution is -0.129. The molecule has 1 aliphatic rings. The minimum atomic E-state index is -3.97. The molecule has 2 N–H and O–H groups in total. The number of nitrogens with zero attached hydrogens (tertiary/aromatic N) is 2. The van der Waals surface area contributed by atoms with Crippen LogP contribution in [0.15, 0.2) is 46.9 Å². The molecule has 3 atom stereocenters. The van der Waals surface area contributed by atoms with E-state index in [9.17, 15) is 22.8 Å². The number of fused-ring (bicyclic) bond motifs is 1. The number of sulfonamides is 1. The van der Waals surface area contributed by atoms with Crippen LogP contribution in [0.25, 0.3) is 9.40 Å². The third-order valence-corrected chi connectivity index (χ3v) is 10.3. The Morgan fingerprint density at radius 3 is 2.65 bits per heavy atom. The standard InChI is InChI=1S/C25H30N4O5S3/c1-15(2)12-18(28-25(32)22-13-21-20(36-22)9-11-35-21)24(31)27-17-8-7-16(3)29(14-19(17)30)37(33,34)23-6-4-5-10-26-23/h4-6,9-11,13,15-18H,7-8,12,14H2,1-3H3,(H,27,31)(H,28,32)/t16-,17+,18+/m1/s1. The first-order valence-electron chi connectivity index (χ1n) is 12.1. The Kier molecular flexibility index (Phi) is 8.42. The second-order valence-corrected chi connectivity index (χ2v) is 13.5. The van der Waals surface area contributed by atoms with Crippen molar-refractivity contribution < 1.29 is 22.8 Å². The third-order valence-electron chi connectivity index (χ3n) is 6.28. The van der Waals surface area contributed by atoms with Crippen molar-refractivity contribution in [2.75, 3.05) is 6.54 Å². The Morgan fingerprint density at radius 2 is 1.97 bits per heavy atom. The highest BCUT2D eigenvalue weighted by atomic mass is 32.2. The van der Waals surface area contributed by atoms with Crippen LogP contribution in [0.4, 0.5) is 0 Å². The van der Waals surface area contributed by atoms with Crippen LogP contribution in [0.3, 0.4) is 0 Å². The number of nitrogens with one attached hydrogen (secondary N) is 2. The van der Waals surface area contributed by atoms with Crippen LogP contribution in [-0.4, -0.2) is 60.0 Å². The molecule has 4 rings (SSSR count). The summed E-state index contributed by atoms with van der Waals surface area (Å²) >= 11 is 2.92. The van der Waals surface area contributed by atoms with Gasteiger partial charge in [0.15, 0.2) is 10.8 Å². The lowest BCUT2D eigenvalue weighted by Gasteiger charge is -2.25. The summed E-state index contributed by atoms with van der Waals surface area (Å²) < 4.78 is 29.5. The molecule has 37 heavy (non-hydrogen) atoms. The van der Waals surface area contributed by atoms with Gasteiger partial charge in [-0.25, -0.2) is 13.4 Å². The zero-order valence-corrected chi connectivity index (χ0v) is 23.3. The molecule has 198 valence electrons. The number of pyridine rings is 1. The van der Waals surface area contributed by atoms with Crippen LogP contribution in [-0.2, 0) is 19.6 Å². The molecule has 1 fully saturated rings. The van der Waals surface area contributed by atoms with E-state index in [-0.39, 0.29) is 23.4 Å². The average Bonchev–Trinajstić information content (AvgIpc) is 3.43. The van der Waals surface area contributed by atoms with Gasteiger partial charge in [-0.05, 0) is 61.7 Å². The largest absolute Gasteiger partial charge is 0.344 e. The molecule has 0 spiro atoms. The molecule has 0 aliphatic carbocycles. The van der Waals surface area contributed by atoms with Crippen molar-refractivity contribution in [3.63, 3.8) is 0 Å². The summed E-state index contributed by atoms with van der Waals surface area (Å²) in [5.74, 6) is -1.06. The number of carbonyl (C=O) groups is 3. The number of hydrogen-bond acceptors (Lipinski definition) is 8. The summed E-state index contributed by atoms with van der Waals surface area (Å²) in [4.78, 5) is 43.8. The Labute approximate surface area is 224 Å². The zero-order chi connectivity index (χ0) is 26.7. The van der Waals surface area contributed by atoms with E-state index in [4.69, 9.17) is 0 Å². The van der Waals surface area contributed by atoms with Gasteiger partial charge in [0, 0.05) is 21.6 Å². The maximum absolute atomic E-state index is 13.3. The van der Waals surface area contributed by atoms with Crippen LogP contribution in [0.2, 0.25) is 0 Å². The van der Waals surface area contributed by atoms with Crippen molar-refractivity contribution in [3.05, 3.63) is 46.8 Å². The van der Waals surface area contributed by atoms with E-state index < -0.39 is 39.8 Å². The molecule has 0 saturated carbocycles. The first-order valence-corrected chi connectivity index (χ1v) is 15.2. The molecule has 3 aromatic rings. The predicted octanol–water partition coefficient (Wildman–Crippen LogP) is 3.43. The second kappa shape index (κ2) is 11.4. The Morgan fingerprint density at radius 1 is 1.19 bits per heavy atom. The minimum Gasteiger partial charge on any atom is -0.344 e. The lowest BCUT2D eigenvalue weighted by Crippen LogP contribution is -2.52. The molecule has 0 radical (unpaired) electrons. The predicted molar refractivity (Wildman–Crippen MR) is 144 cm³/mol. The summed E-state index contributed by atoms with van der Waals surface area (Å²) in [5.41, 5.74) is 0. The van der Waals surface area contributed by atoms with Crippen molar-refractivity contribution in [3.8, 4) is 0 Å². The van der Waals surface area contributed by atoms with Gasteiger partial charge in [-0.3, -0.25) is 14.4 Å². The normalized spacial score (nSPS) is 20.1. The van der Waals surface area contributed by atoms with Gasteiger partial charge in [0.25, 0.3) is 15.9 Å². The summed E-state index contributed by atoms with van der Waals surface area (Å²) in [6, 6.07) is 6.24. The molecule has 9 nitrogen and oxygen atoms in total. The highest BCUT2D eigenvalue weighted by molar-refractivity contribution is 7.89. The van der Waals surface area contributed by atoms with Crippen molar-refractivity contribution in [1.29, 1.82) is 0 Å². The Bertz CT molecular complexity index is 1350. The summed E-state index contributed by atoms with van der Waals surface area (Å²) in [7, 11) is -3.97. The van der Waals surface area contributed by atoms with E-state index in [1.54, 1.807) is 30.4 Å². The van der Waals surface area contributed by atoms with E-state index in [1.165, 1.54) is 23.6 Å². The first-order chi connectivity index (χ1) is 17.6. The highest BCUT2D eigenvalue weighted by Gasteiger charge is 2.38. The fourth-order valence-electron chi connectivity index (χ4n) is 4.31. The SMILES string of the molecule is CC(C)C[C@H](NC(=O)c1cc2sccc2s1)C(=O)N[C@H]1CC[C@@H](C)N(S(=O)(=O)c2ccccn2)CC1=O. The molecular formula is C25H30N4O5S3. The van der Waals surface area contributed by atoms with Gasteiger partial charge in [0.1, 0.15) is 6.04 Å². The third kappa shape index (κ3) is 6.25. The first kappa shape index (κ1) is 27.4. The highest BCUT2D eigenvalue weighted by Crippen LogP contribution is 2.30. The number of carbonyl (C=O) groups excluding carboxylic acids is 3. The molecule has 0 bridgehead atoms. The number of thiophene rings is 2. The molecule has 1 saturated heterocycles. The summed E-state index contributed by atoms with van der Waals surface area (Å²) in [6.07, 6.45) is 2.47. The quantitative estimate of drug-likeness (QED) is 0.433. The number of aromatic nitrogens is 1. The number of hydrogen-bond donors (Lipinski definition) is 2. The fourth-order valence-corrected chi connectivity index (χ4v) is 7.88. The van der Waals surface area contributed by atoms with Crippen LogP contribution >= 0.6 is 22.7 Å². The number of rotatable bonds is 8. The summed E-state index contributed by atoms with van der Waals surface area (Å²) in [6.45, 7) is 5.28. The van der Waals surface area contributed by atoms with Crippen LogP contribution in [0.1, 0.15) is 49.7 Å². The van der Waals surface area contributed by atoms with Crippen molar-refractivity contribution >= 4 is 59.7 Å². The van der Waals surface area contributed by atoms with E-state index in [1.807, 2.05) is 31.4 Å². The molecule has 4 heterocycles. The van der Waals surface area contributed by atoms with Gasteiger partial charge in [0.05, 0.1) is 17.5 Å². The van der Waals surface area contributed by atoms with Crippen molar-refractivity contribution in [2.24, 2.45) is 5.92 Å². The van der Waals surface area contributed by atoms with E-state index in [2.05, 4.69) is 15.6 Å². The molecular weight excluding hydrogens is 532 g/mol. The molecule has 2 amide bonds. The van der Waals surface area contributed by atoms with Crippen molar-refractivity contribution in [2.45, 2.75) is 63.2 Å². The monoisotopic (exact) mass is 562 g/mol. The van der Waals surface area contributed by atoms with Crippen LogP contribution < -0.4 is 10.6 Å². The topological polar surface area (TPSA) is 126 Å².